The lowest BCUT2D eigenvalue weighted by Gasteiger charge is -2.13. The molecular formula is C24H20N2O4. The van der Waals surface area contributed by atoms with E-state index >= 15 is 0 Å². The summed E-state index contributed by atoms with van der Waals surface area (Å²) in [6, 6.07) is 23.6. The number of nitrogens with one attached hydrogen (secondary N) is 1. The smallest absolute Gasteiger partial charge is 0.261 e. The molecule has 0 radical (unpaired) electrons. The molecule has 6 nitrogen and oxygen atoms in total. The van der Waals surface area contributed by atoms with Crippen molar-refractivity contribution in [2.75, 3.05) is 11.9 Å². The highest BCUT2D eigenvalue weighted by atomic mass is 16.5. The van der Waals surface area contributed by atoms with Crippen LogP contribution in [0.25, 0.3) is 0 Å². The Labute approximate surface area is 174 Å². The number of ether oxygens (including phenoxy) is 1. The van der Waals surface area contributed by atoms with Gasteiger partial charge in [0.2, 0.25) is 5.91 Å². The highest BCUT2D eigenvalue weighted by Crippen LogP contribution is 2.23. The maximum absolute atomic E-state index is 12.3. The molecule has 3 aromatic carbocycles. The Hall–Kier alpha value is -3.93. The van der Waals surface area contributed by atoms with Gasteiger partial charge in [-0.15, -0.1) is 0 Å². The second-order valence-corrected chi connectivity index (χ2v) is 6.90. The van der Waals surface area contributed by atoms with Crippen LogP contribution in [0.2, 0.25) is 0 Å². The first-order chi connectivity index (χ1) is 14.6. The number of hydrogen-bond acceptors (Lipinski definition) is 4. The first-order valence-corrected chi connectivity index (χ1v) is 9.64. The predicted octanol–water partition coefficient (Wildman–Crippen LogP) is 3.89. The lowest BCUT2D eigenvalue weighted by atomic mass is 10.1. The van der Waals surface area contributed by atoms with E-state index in [4.69, 9.17) is 4.74 Å². The van der Waals surface area contributed by atoms with Crippen LogP contribution in [0.1, 0.15) is 32.7 Å². The minimum atomic E-state index is -0.358. The maximum atomic E-state index is 12.3. The Morgan fingerprint density at radius 1 is 0.800 bits per heavy atom. The number of hydrogen-bond donors (Lipinski definition) is 1. The Morgan fingerprint density at radius 2 is 1.40 bits per heavy atom. The van der Waals surface area contributed by atoms with Crippen molar-refractivity contribution in [1.82, 2.24) is 4.90 Å². The van der Waals surface area contributed by atoms with Crippen molar-refractivity contribution in [1.29, 1.82) is 0 Å². The van der Waals surface area contributed by atoms with Crippen LogP contribution in [-0.2, 0) is 11.4 Å². The van der Waals surface area contributed by atoms with E-state index in [1.807, 2.05) is 30.3 Å². The summed E-state index contributed by atoms with van der Waals surface area (Å²) in [5, 5.41) is 2.77. The van der Waals surface area contributed by atoms with Gasteiger partial charge in [0.1, 0.15) is 12.4 Å². The number of anilines is 1. The van der Waals surface area contributed by atoms with Gasteiger partial charge in [0.15, 0.2) is 0 Å². The Morgan fingerprint density at radius 3 is 2.03 bits per heavy atom. The van der Waals surface area contributed by atoms with E-state index in [1.54, 1.807) is 48.5 Å². The van der Waals surface area contributed by atoms with E-state index in [2.05, 4.69) is 5.32 Å². The van der Waals surface area contributed by atoms with Gasteiger partial charge < -0.3 is 10.1 Å². The molecule has 3 amide bonds. The number of amides is 3. The summed E-state index contributed by atoms with van der Waals surface area (Å²) >= 11 is 0. The molecule has 0 aromatic heterocycles. The third kappa shape index (κ3) is 4.22. The quantitative estimate of drug-likeness (QED) is 0.611. The molecule has 0 saturated heterocycles. The van der Waals surface area contributed by atoms with Gasteiger partial charge >= 0.3 is 0 Å². The van der Waals surface area contributed by atoms with Gasteiger partial charge in [-0.25, -0.2) is 0 Å². The van der Waals surface area contributed by atoms with E-state index < -0.39 is 0 Å². The fourth-order valence-electron chi connectivity index (χ4n) is 3.25. The van der Waals surface area contributed by atoms with Crippen LogP contribution in [0.15, 0.2) is 78.9 Å². The largest absolute Gasteiger partial charge is 0.489 e. The van der Waals surface area contributed by atoms with Gasteiger partial charge in [0.25, 0.3) is 11.8 Å². The molecule has 6 heteroatoms. The lowest BCUT2D eigenvalue weighted by Crippen LogP contribution is -2.32. The number of rotatable bonds is 7. The number of benzene rings is 3. The molecule has 0 aliphatic carbocycles. The molecule has 0 spiro atoms. The molecule has 0 saturated carbocycles. The van der Waals surface area contributed by atoms with Crippen molar-refractivity contribution >= 4 is 23.4 Å². The fraction of sp³-hybridized carbons (Fsp3) is 0.125. The average Bonchev–Trinajstić information content (AvgIpc) is 3.02. The van der Waals surface area contributed by atoms with Gasteiger partial charge in [-0.3, -0.25) is 19.3 Å². The van der Waals surface area contributed by atoms with Crippen molar-refractivity contribution in [3.05, 3.63) is 95.6 Å². The molecule has 30 heavy (non-hydrogen) atoms. The molecule has 0 atom stereocenters. The molecular weight excluding hydrogens is 380 g/mol. The zero-order valence-corrected chi connectivity index (χ0v) is 16.2. The monoisotopic (exact) mass is 400 g/mol. The highest BCUT2D eigenvalue weighted by molar-refractivity contribution is 6.21. The van der Waals surface area contributed by atoms with Crippen LogP contribution in [0.4, 0.5) is 5.69 Å². The standard InChI is InChI=1S/C24H20N2O4/c27-22(14-15-26-23(28)20-8-4-5-9-21(20)24(26)29)25-18-10-12-19(13-11-18)30-16-17-6-2-1-3-7-17/h1-13H,14-16H2,(H,25,27). The SMILES string of the molecule is O=C(CCN1C(=O)c2ccccc2C1=O)Nc1ccc(OCc2ccccc2)cc1. The summed E-state index contributed by atoms with van der Waals surface area (Å²) in [6.07, 6.45) is 0.0255. The Balaban J connectivity index is 1.27. The molecule has 1 aliphatic rings. The first kappa shape index (κ1) is 19.4. The van der Waals surface area contributed by atoms with Crippen molar-refractivity contribution in [3.8, 4) is 5.75 Å². The van der Waals surface area contributed by atoms with Crippen LogP contribution < -0.4 is 10.1 Å². The number of nitrogens with zero attached hydrogens (tertiary/aromatic N) is 1. The minimum Gasteiger partial charge on any atom is -0.489 e. The Bertz CT molecular complexity index is 1040. The van der Waals surface area contributed by atoms with E-state index in [0.717, 1.165) is 10.5 Å². The molecule has 150 valence electrons. The molecule has 1 heterocycles. The molecule has 0 bridgehead atoms. The third-order valence-electron chi connectivity index (χ3n) is 4.83. The molecule has 0 unspecified atom stereocenters. The van der Waals surface area contributed by atoms with Crippen molar-refractivity contribution in [3.63, 3.8) is 0 Å². The summed E-state index contributed by atoms with van der Waals surface area (Å²) < 4.78 is 5.73. The number of carbonyl (C=O) groups is 3. The van der Waals surface area contributed by atoms with Crippen LogP contribution in [0, 0.1) is 0 Å². The van der Waals surface area contributed by atoms with Gasteiger partial charge in [-0.05, 0) is 42.0 Å². The number of carbonyl (C=O) groups excluding carboxylic acids is 3. The van der Waals surface area contributed by atoms with Gasteiger partial charge in [0, 0.05) is 18.7 Å². The van der Waals surface area contributed by atoms with Crippen LogP contribution in [0.3, 0.4) is 0 Å². The summed E-state index contributed by atoms with van der Waals surface area (Å²) in [5.74, 6) is -0.293. The van der Waals surface area contributed by atoms with E-state index in [1.165, 1.54) is 0 Å². The topological polar surface area (TPSA) is 75.7 Å². The average molecular weight is 400 g/mol. The van der Waals surface area contributed by atoms with Crippen molar-refractivity contribution in [2.24, 2.45) is 0 Å². The van der Waals surface area contributed by atoms with Crippen LogP contribution >= 0.6 is 0 Å². The van der Waals surface area contributed by atoms with E-state index in [0.29, 0.717) is 29.2 Å². The van der Waals surface area contributed by atoms with Gasteiger partial charge in [0.05, 0.1) is 11.1 Å². The van der Waals surface area contributed by atoms with Crippen molar-refractivity contribution in [2.45, 2.75) is 13.0 Å². The molecule has 0 fully saturated rings. The zero-order chi connectivity index (χ0) is 20.9. The van der Waals surface area contributed by atoms with Crippen molar-refractivity contribution < 1.29 is 19.1 Å². The molecule has 3 aromatic rings. The first-order valence-electron chi connectivity index (χ1n) is 9.64. The zero-order valence-electron chi connectivity index (χ0n) is 16.2. The predicted molar refractivity (Wildman–Crippen MR) is 112 cm³/mol. The second-order valence-electron chi connectivity index (χ2n) is 6.90. The molecule has 1 N–H and O–H groups in total. The summed E-state index contributed by atoms with van der Waals surface area (Å²) in [6.45, 7) is 0.503. The van der Waals surface area contributed by atoms with Crippen LogP contribution in [0.5, 0.6) is 5.75 Å². The minimum absolute atomic E-state index is 0.0255. The summed E-state index contributed by atoms with van der Waals surface area (Å²) in [4.78, 5) is 38.1. The molecule has 1 aliphatic heterocycles. The lowest BCUT2D eigenvalue weighted by molar-refractivity contribution is -0.116. The van der Waals surface area contributed by atoms with E-state index in [9.17, 15) is 14.4 Å². The number of fused-ring (bicyclic) bond motifs is 1. The highest BCUT2D eigenvalue weighted by Gasteiger charge is 2.34. The Kier molecular flexibility index (Phi) is 5.57. The summed E-state index contributed by atoms with van der Waals surface area (Å²) in [7, 11) is 0. The second kappa shape index (κ2) is 8.61. The van der Waals surface area contributed by atoms with E-state index in [-0.39, 0.29) is 30.7 Å². The van der Waals surface area contributed by atoms with Gasteiger partial charge in [-0.1, -0.05) is 42.5 Å². The summed E-state index contributed by atoms with van der Waals surface area (Å²) in [5.41, 5.74) is 2.46. The fourth-order valence-corrected chi connectivity index (χ4v) is 3.25. The van der Waals surface area contributed by atoms with Crippen LogP contribution in [-0.4, -0.2) is 29.2 Å². The normalized spacial score (nSPS) is 12.6. The number of imide groups is 1. The molecule has 4 rings (SSSR count). The van der Waals surface area contributed by atoms with Gasteiger partial charge in [-0.2, -0.15) is 0 Å². The third-order valence-corrected chi connectivity index (χ3v) is 4.83. The maximum Gasteiger partial charge on any atom is 0.261 e.